The lowest BCUT2D eigenvalue weighted by molar-refractivity contribution is 0.0933. The lowest BCUT2D eigenvalue weighted by Crippen LogP contribution is -2.29. The Morgan fingerprint density at radius 1 is 1.17 bits per heavy atom. The molecule has 4 rings (SSSR count). The summed E-state index contributed by atoms with van der Waals surface area (Å²) < 4.78 is 6.80. The summed E-state index contributed by atoms with van der Waals surface area (Å²) in [5.41, 5.74) is 2.81. The van der Waals surface area contributed by atoms with Crippen LogP contribution >= 0.6 is 15.9 Å². The van der Waals surface area contributed by atoms with Gasteiger partial charge in [0, 0.05) is 29.5 Å². The number of halogens is 1. The zero-order valence-corrected chi connectivity index (χ0v) is 14.0. The van der Waals surface area contributed by atoms with Crippen LogP contribution in [0, 0.1) is 0 Å². The van der Waals surface area contributed by atoms with Gasteiger partial charge in [-0.05, 0) is 23.8 Å². The van der Waals surface area contributed by atoms with Crippen LogP contribution in [0.15, 0.2) is 57.4 Å². The van der Waals surface area contributed by atoms with Crippen LogP contribution in [0.25, 0.3) is 11.0 Å². The maximum Gasteiger partial charge on any atom is 0.289 e. The molecule has 1 aliphatic rings. The second-order valence-corrected chi connectivity index (χ2v) is 6.50. The Bertz CT molecular complexity index is 873. The van der Waals surface area contributed by atoms with Crippen LogP contribution in [-0.4, -0.2) is 19.0 Å². The van der Waals surface area contributed by atoms with E-state index in [0.717, 1.165) is 34.2 Å². The number of benzene rings is 2. The predicted molar refractivity (Wildman–Crippen MR) is 93.7 cm³/mol. The molecular weight excluding hydrogens is 356 g/mol. The van der Waals surface area contributed by atoms with Crippen LogP contribution in [0.5, 0.6) is 0 Å². The van der Waals surface area contributed by atoms with Crippen molar-refractivity contribution in [2.75, 3.05) is 18.0 Å². The van der Waals surface area contributed by atoms with Gasteiger partial charge in [-0.3, -0.25) is 4.79 Å². The molecular formula is C18H15BrN2O2. The third-order valence-electron chi connectivity index (χ3n) is 4.03. The van der Waals surface area contributed by atoms with Gasteiger partial charge in [-0.25, -0.2) is 0 Å². The van der Waals surface area contributed by atoms with Crippen LogP contribution < -0.4 is 10.2 Å². The van der Waals surface area contributed by atoms with Gasteiger partial charge < -0.3 is 14.6 Å². The monoisotopic (exact) mass is 370 g/mol. The van der Waals surface area contributed by atoms with Gasteiger partial charge in [0.15, 0.2) is 0 Å². The van der Waals surface area contributed by atoms with Gasteiger partial charge in [-0.2, -0.15) is 0 Å². The Hall–Kier alpha value is -2.27. The maximum absolute atomic E-state index is 12.3. The molecule has 3 aromatic rings. The van der Waals surface area contributed by atoms with E-state index in [0.29, 0.717) is 12.3 Å². The summed E-state index contributed by atoms with van der Waals surface area (Å²) >= 11 is 3.51. The first kappa shape index (κ1) is 14.3. The summed E-state index contributed by atoms with van der Waals surface area (Å²) in [5, 5.41) is 3.87. The summed E-state index contributed by atoms with van der Waals surface area (Å²) in [6, 6.07) is 16.1. The molecule has 0 saturated carbocycles. The molecule has 1 aromatic heterocycles. The molecule has 1 N–H and O–H groups in total. The van der Waals surface area contributed by atoms with E-state index in [4.69, 9.17) is 4.42 Å². The first-order valence-corrected chi connectivity index (χ1v) is 8.31. The van der Waals surface area contributed by atoms with Crippen LogP contribution in [-0.2, 0) is 6.54 Å². The standard InChI is InChI=1S/C18H15BrN2O2/c19-13-6-7-15-14(10-13)16-17(23-15)18(22)20-8-9-21(16)11-12-4-2-1-3-5-12/h1-7,10H,8-9,11H2,(H,20,22). The number of nitrogens with zero attached hydrogens (tertiary/aromatic N) is 1. The quantitative estimate of drug-likeness (QED) is 0.742. The fourth-order valence-corrected chi connectivity index (χ4v) is 3.34. The van der Waals surface area contributed by atoms with Crippen LogP contribution in [0.4, 0.5) is 5.69 Å². The number of fused-ring (bicyclic) bond motifs is 3. The van der Waals surface area contributed by atoms with Gasteiger partial charge in [0.25, 0.3) is 5.91 Å². The molecule has 0 spiro atoms. The van der Waals surface area contributed by atoms with Crippen molar-refractivity contribution >= 4 is 38.5 Å². The molecule has 0 radical (unpaired) electrons. The van der Waals surface area contributed by atoms with Crippen molar-refractivity contribution in [3.8, 4) is 0 Å². The summed E-state index contributed by atoms with van der Waals surface area (Å²) in [6.07, 6.45) is 0. The van der Waals surface area contributed by atoms with E-state index < -0.39 is 0 Å². The van der Waals surface area contributed by atoms with Crippen LogP contribution in [0.1, 0.15) is 16.1 Å². The van der Waals surface area contributed by atoms with Crippen LogP contribution in [0.3, 0.4) is 0 Å². The number of furan rings is 1. The SMILES string of the molecule is O=C1NCCN(Cc2ccccc2)c2c1oc1ccc(Br)cc21. The zero-order valence-electron chi connectivity index (χ0n) is 12.4. The molecule has 23 heavy (non-hydrogen) atoms. The Balaban J connectivity index is 1.86. The molecule has 0 saturated heterocycles. The van der Waals surface area contributed by atoms with Crippen molar-refractivity contribution < 1.29 is 9.21 Å². The number of carbonyl (C=O) groups excluding carboxylic acids is 1. The Morgan fingerprint density at radius 2 is 2.00 bits per heavy atom. The molecule has 0 atom stereocenters. The minimum Gasteiger partial charge on any atom is -0.449 e. The number of hydrogen-bond acceptors (Lipinski definition) is 3. The number of hydrogen-bond donors (Lipinski definition) is 1. The molecule has 116 valence electrons. The minimum atomic E-state index is -0.150. The molecule has 1 aliphatic heterocycles. The highest BCUT2D eigenvalue weighted by atomic mass is 79.9. The van der Waals surface area contributed by atoms with E-state index in [2.05, 4.69) is 38.3 Å². The average molecular weight is 371 g/mol. The van der Waals surface area contributed by atoms with Gasteiger partial charge in [0.1, 0.15) is 5.58 Å². The maximum atomic E-state index is 12.3. The molecule has 1 amide bonds. The van der Waals surface area contributed by atoms with Gasteiger partial charge in [0.05, 0.1) is 5.69 Å². The smallest absolute Gasteiger partial charge is 0.289 e. The highest BCUT2D eigenvalue weighted by Gasteiger charge is 2.27. The summed E-state index contributed by atoms with van der Waals surface area (Å²) in [7, 11) is 0. The van der Waals surface area contributed by atoms with Crippen molar-refractivity contribution in [3.05, 3.63) is 64.3 Å². The topological polar surface area (TPSA) is 45.5 Å². The Labute approximate surface area is 142 Å². The highest BCUT2D eigenvalue weighted by Crippen LogP contribution is 2.37. The number of carbonyl (C=O) groups is 1. The Kier molecular flexibility index (Phi) is 3.58. The molecule has 0 fully saturated rings. The number of rotatable bonds is 2. The second kappa shape index (κ2) is 5.74. The van der Waals surface area contributed by atoms with Crippen LogP contribution in [0.2, 0.25) is 0 Å². The molecule has 5 heteroatoms. The van der Waals surface area contributed by atoms with E-state index in [-0.39, 0.29) is 5.91 Å². The van der Waals surface area contributed by atoms with E-state index in [1.165, 1.54) is 5.56 Å². The molecule has 2 heterocycles. The lowest BCUT2D eigenvalue weighted by Gasteiger charge is -2.22. The van der Waals surface area contributed by atoms with Gasteiger partial charge >= 0.3 is 0 Å². The van der Waals surface area contributed by atoms with E-state index in [1.807, 2.05) is 36.4 Å². The summed E-state index contributed by atoms with van der Waals surface area (Å²) in [6.45, 7) is 2.09. The van der Waals surface area contributed by atoms with Crippen molar-refractivity contribution in [2.45, 2.75) is 6.54 Å². The molecule has 0 unspecified atom stereocenters. The third-order valence-corrected chi connectivity index (χ3v) is 4.52. The molecule has 4 nitrogen and oxygen atoms in total. The van der Waals surface area contributed by atoms with Gasteiger partial charge in [0.2, 0.25) is 5.76 Å². The Morgan fingerprint density at radius 3 is 2.83 bits per heavy atom. The largest absolute Gasteiger partial charge is 0.449 e. The van der Waals surface area contributed by atoms with Crippen molar-refractivity contribution in [1.82, 2.24) is 5.32 Å². The lowest BCUT2D eigenvalue weighted by atomic mass is 10.1. The third kappa shape index (κ3) is 2.61. The van der Waals surface area contributed by atoms with Gasteiger partial charge in [-0.1, -0.05) is 46.3 Å². The molecule has 0 aliphatic carbocycles. The number of anilines is 1. The van der Waals surface area contributed by atoms with E-state index >= 15 is 0 Å². The minimum absolute atomic E-state index is 0.150. The number of amides is 1. The van der Waals surface area contributed by atoms with Crippen molar-refractivity contribution in [1.29, 1.82) is 0 Å². The highest BCUT2D eigenvalue weighted by molar-refractivity contribution is 9.10. The van der Waals surface area contributed by atoms with Crippen molar-refractivity contribution in [3.63, 3.8) is 0 Å². The fourth-order valence-electron chi connectivity index (χ4n) is 2.98. The first-order chi connectivity index (χ1) is 11.2. The summed E-state index contributed by atoms with van der Waals surface area (Å²) in [5.74, 6) is 0.245. The first-order valence-electron chi connectivity index (χ1n) is 7.51. The summed E-state index contributed by atoms with van der Waals surface area (Å²) in [4.78, 5) is 14.5. The molecule has 2 aromatic carbocycles. The normalized spacial score (nSPS) is 14.5. The van der Waals surface area contributed by atoms with Crippen molar-refractivity contribution in [2.24, 2.45) is 0 Å². The van der Waals surface area contributed by atoms with Gasteiger partial charge in [-0.15, -0.1) is 0 Å². The molecule has 0 bridgehead atoms. The number of nitrogens with one attached hydrogen (secondary N) is 1. The second-order valence-electron chi connectivity index (χ2n) is 5.58. The average Bonchev–Trinajstić information content (AvgIpc) is 2.86. The van der Waals surface area contributed by atoms with E-state index in [1.54, 1.807) is 0 Å². The zero-order chi connectivity index (χ0) is 15.8. The van der Waals surface area contributed by atoms with E-state index in [9.17, 15) is 4.79 Å². The fraction of sp³-hybridized carbons (Fsp3) is 0.167. The predicted octanol–water partition coefficient (Wildman–Crippen LogP) is 3.95.